The van der Waals surface area contributed by atoms with E-state index in [1.54, 1.807) is 20.8 Å². The predicted molar refractivity (Wildman–Crippen MR) is 69.7 cm³/mol. The topological polar surface area (TPSA) is 55.8 Å². The van der Waals surface area contributed by atoms with E-state index in [0.29, 0.717) is 0 Å². The number of esters is 1. The molecule has 0 aliphatic rings. The number of likely N-dealkylation sites (N-methyl/N-ethyl adjacent to an activating group) is 1. The first-order chi connectivity index (χ1) is 8.87. The van der Waals surface area contributed by atoms with Crippen LogP contribution in [0.25, 0.3) is 0 Å². The Morgan fingerprint density at radius 1 is 1.20 bits per heavy atom. The molecular formula is C13H23F2NO4. The Bertz CT molecular complexity index is 347. The molecule has 1 amide bonds. The molecule has 0 N–H and O–H groups in total. The first kappa shape index (κ1) is 18.6. The summed E-state index contributed by atoms with van der Waals surface area (Å²) in [6.07, 6.45) is -1.49. The van der Waals surface area contributed by atoms with Gasteiger partial charge >= 0.3 is 12.1 Å². The smallest absolute Gasteiger partial charge is 0.410 e. The van der Waals surface area contributed by atoms with E-state index in [4.69, 9.17) is 4.74 Å². The zero-order chi connectivity index (χ0) is 16.1. The van der Waals surface area contributed by atoms with Crippen molar-refractivity contribution in [3.63, 3.8) is 0 Å². The second-order valence-corrected chi connectivity index (χ2v) is 5.74. The summed E-state index contributed by atoms with van der Waals surface area (Å²) in [6, 6.07) is -1.10. The van der Waals surface area contributed by atoms with Gasteiger partial charge in [0, 0.05) is 13.5 Å². The van der Waals surface area contributed by atoms with Crippen molar-refractivity contribution in [1.82, 2.24) is 4.90 Å². The molecule has 0 spiro atoms. The fourth-order valence-corrected chi connectivity index (χ4v) is 1.46. The first-order valence-corrected chi connectivity index (χ1v) is 6.29. The standard InChI is InChI=1S/C13H23F2NO4/c1-12(2,3)20-11(18)16(5)9(10(17)19-6)7-8-13(4,14)15/h9H,7-8H2,1-6H3/t9-/m1/s1. The van der Waals surface area contributed by atoms with Gasteiger partial charge < -0.3 is 9.47 Å². The second kappa shape index (κ2) is 6.85. The molecule has 0 fully saturated rings. The van der Waals surface area contributed by atoms with Gasteiger partial charge in [-0.3, -0.25) is 4.90 Å². The van der Waals surface area contributed by atoms with Gasteiger partial charge in [-0.1, -0.05) is 0 Å². The van der Waals surface area contributed by atoms with Crippen molar-refractivity contribution >= 4 is 12.1 Å². The van der Waals surface area contributed by atoms with Crippen LogP contribution in [0, 0.1) is 0 Å². The number of hydrogen-bond donors (Lipinski definition) is 0. The second-order valence-electron chi connectivity index (χ2n) is 5.74. The van der Waals surface area contributed by atoms with Crippen LogP contribution in [0.3, 0.4) is 0 Å². The van der Waals surface area contributed by atoms with Crippen molar-refractivity contribution in [2.45, 2.75) is 58.1 Å². The van der Waals surface area contributed by atoms with Gasteiger partial charge in [0.15, 0.2) is 0 Å². The number of carbonyl (C=O) groups is 2. The summed E-state index contributed by atoms with van der Waals surface area (Å²) in [5.41, 5.74) is -0.735. The zero-order valence-corrected chi connectivity index (χ0v) is 12.8. The van der Waals surface area contributed by atoms with Crippen molar-refractivity contribution in [2.75, 3.05) is 14.2 Å². The van der Waals surface area contributed by atoms with E-state index < -0.39 is 36.0 Å². The van der Waals surface area contributed by atoms with Crippen molar-refractivity contribution in [3.05, 3.63) is 0 Å². The Morgan fingerprint density at radius 2 is 1.70 bits per heavy atom. The summed E-state index contributed by atoms with van der Waals surface area (Å²) in [6.45, 7) is 5.78. The normalized spacial score (nSPS) is 13.6. The molecule has 0 bridgehead atoms. The molecular weight excluding hydrogens is 272 g/mol. The van der Waals surface area contributed by atoms with E-state index in [2.05, 4.69) is 4.74 Å². The molecule has 0 aromatic rings. The van der Waals surface area contributed by atoms with Crippen molar-refractivity contribution in [3.8, 4) is 0 Å². The molecule has 0 saturated heterocycles. The maximum absolute atomic E-state index is 12.9. The number of rotatable bonds is 5. The number of amides is 1. The Kier molecular flexibility index (Phi) is 6.37. The van der Waals surface area contributed by atoms with Gasteiger partial charge in [0.05, 0.1) is 7.11 Å². The van der Waals surface area contributed by atoms with E-state index >= 15 is 0 Å². The molecule has 20 heavy (non-hydrogen) atoms. The number of nitrogens with zero attached hydrogens (tertiary/aromatic N) is 1. The maximum atomic E-state index is 12.9. The molecule has 0 unspecified atom stereocenters. The Morgan fingerprint density at radius 3 is 2.05 bits per heavy atom. The molecule has 118 valence electrons. The average Bonchev–Trinajstić information content (AvgIpc) is 2.24. The minimum Gasteiger partial charge on any atom is -0.467 e. The Balaban J connectivity index is 4.85. The number of alkyl halides is 2. The summed E-state index contributed by atoms with van der Waals surface area (Å²) in [4.78, 5) is 24.5. The van der Waals surface area contributed by atoms with Crippen LogP contribution in [-0.2, 0) is 14.3 Å². The van der Waals surface area contributed by atoms with E-state index in [-0.39, 0.29) is 6.42 Å². The lowest BCUT2D eigenvalue weighted by Gasteiger charge is -2.29. The Labute approximate surface area is 118 Å². The van der Waals surface area contributed by atoms with E-state index in [9.17, 15) is 18.4 Å². The summed E-state index contributed by atoms with van der Waals surface area (Å²) in [7, 11) is 2.46. The van der Waals surface area contributed by atoms with Gasteiger partial charge in [0.25, 0.3) is 0 Å². The fourth-order valence-electron chi connectivity index (χ4n) is 1.46. The highest BCUT2D eigenvalue weighted by Crippen LogP contribution is 2.22. The predicted octanol–water partition coefficient (Wildman–Crippen LogP) is 2.83. The van der Waals surface area contributed by atoms with Gasteiger partial charge in [0.1, 0.15) is 11.6 Å². The number of ether oxygens (including phenoxy) is 2. The van der Waals surface area contributed by atoms with Crippen LogP contribution in [-0.4, -0.2) is 48.7 Å². The largest absolute Gasteiger partial charge is 0.467 e. The van der Waals surface area contributed by atoms with Crippen LogP contribution < -0.4 is 0 Å². The molecule has 0 heterocycles. The van der Waals surface area contributed by atoms with E-state index in [1.165, 1.54) is 7.05 Å². The summed E-state index contributed by atoms with van der Waals surface area (Å²) in [5.74, 6) is -3.66. The average molecular weight is 295 g/mol. The quantitative estimate of drug-likeness (QED) is 0.732. The number of carbonyl (C=O) groups excluding carboxylic acids is 2. The van der Waals surface area contributed by atoms with E-state index in [1.807, 2.05) is 0 Å². The molecule has 0 rings (SSSR count). The SMILES string of the molecule is COC(=O)[C@@H](CCC(C)(F)F)N(C)C(=O)OC(C)(C)C. The van der Waals surface area contributed by atoms with Crippen molar-refractivity contribution in [2.24, 2.45) is 0 Å². The van der Waals surface area contributed by atoms with Gasteiger partial charge in [-0.25, -0.2) is 18.4 Å². The highest BCUT2D eigenvalue weighted by Gasteiger charge is 2.33. The monoisotopic (exact) mass is 295 g/mol. The third-order valence-electron chi connectivity index (χ3n) is 2.48. The van der Waals surface area contributed by atoms with Gasteiger partial charge in [-0.05, 0) is 34.1 Å². The Hall–Kier alpha value is -1.40. The lowest BCUT2D eigenvalue weighted by molar-refractivity contribution is -0.147. The third kappa shape index (κ3) is 7.25. The third-order valence-corrected chi connectivity index (χ3v) is 2.48. The minimum atomic E-state index is -2.92. The highest BCUT2D eigenvalue weighted by atomic mass is 19.3. The van der Waals surface area contributed by atoms with Crippen LogP contribution in [0.5, 0.6) is 0 Å². The molecule has 7 heteroatoms. The van der Waals surface area contributed by atoms with Gasteiger partial charge in [-0.15, -0.1) is 0 Å². The van der Waals surface area contributed by atoms with Crippen LogP contribution in [0.4, 0.5) is 13.6 Å². The fraction of sp³-hybridized carbons (Fsp3) is 0.846. The van der Waals surface area contributed by atoms with Crippen LogP contribution in [0.15, 0.2) is 0 Å². The van der Waals surface area contributed by atoms with Crippen LogP contribution in [0.1, 0.15) is 40.5 Å². The number of hydrogen-bond acceptors (Lipinski definition) is 4. The van der Waals surface area contributed by atoms with Gasteiger partial charge in [-0.2, -0.15) is 0 Å². The zero-order valence-electron chi connectivity index (χ0n) is 12.8. The van der Waals surface area contributed by atoms with Crippen molar-refractivity contribution < 1.29 is 27.8 Å². The van der Waals surface area contributed by atoms with Crippen LogP contribution >= 0.6 is 0 Å². The molecule has 0 radical (unpaired) electrons. The maximum Gasteiger partial charge on any atom is 0.410 e. The molecule has 5 nitrogen and oxygen atoms in total. The number of methoxy groups -OCH3 is 1. The minimum absolute atomic E-state index is 0.202. The summed E-state index contributed by atoms with van der Waals surface area (Å²) >= 11 is 0. The summed E-state index contributed by atoms with van der Waals surface area (Å²) < 4.78 is 35.4. The van der Waals surface area contributed by atoms with Crippen LogP contribution in [0.2, 0.25) is 0 Å². The first-order valence-electron chi connectivity index (χ1n) is 6.29. The molecule has 0 aliphatic heterocycles. The van der Waals surface area contributed by atoms with E-state index in [0.717, 1.165) is 18.9 Å². The summed E-state index contributed by atoms with van der Waals surface area (Å²) in [5, 5.41) is 0. The molecule has 0 aromatic heterocycles. The molecule has 0 aliphatic carbocycles. The highest BCUT2D eigenvalue weighted by molar-refractivity contribution is 5.81. The van der Waals surface area contributed by atoms with Crippen molar-refractivity contribution in [1.29, 1.82) is 0 Å². The molecule has 0 saturated carbocycles. The lowest BCUT2D eigenvalue weighted by atomic mass is 10.1. The lowest BCUT2D eigenvalue weighted by Crippen LogP contribution is -2.45. The molecule has 1 atom stereocenters. The molecule has 0 aromatic carbocycles. The van der Waals surface area contributed by atoms with Gasteiger partial charge in [0.2, 0.25) is 5.92 Å². The number of halogens is 2.